The monoisotopic (exact) mass is 304 g/mol. The third-order valence-electron chi connectivity index (χ3n) is 2.40. The molecular formula is C12H14Cl2N2O3. The molecule has 0 aliphatic heterocycles. The Hall–Kier alpha value is -1.30. The second-order valence-corrected chi connectivity index (χ2v) is 4.63. The number of carbonyl (C=O) groups excluding carboxylic acids is 1. The average molecular weight is 305 g/mol. The zero-order valence-electron chi connectivity index (χ0n) is 10.3. The van der Waals surface area contributed by atoms with Crippen LogP contribution in [0.2, 0.25) is 10.0 Å². The summed E-state index contributed by atoms with van der Waals surface area (Å²) in [6.07, 6.45) is 0. The predicted octanol–water partition coefficient (Wildman–Crippen LogP) is 2.34. The third kappa shape index (κ3) is 5.06. The lowest BCUT2D eigenvalue weighted by atomic mass is 10.3. The van der Waals surface area contributed by atoms with Gasteiger partial charge in [-0.3, -0.25) is 14.5 Å². The largest absolute Gasteiger partial charge is 0.480 e. The highest BCUT2D eigenvalue weighted by molar-refractivity contribution is 6.43. The number of nitrogens with zero attached hydrogens (tertiary/aromatic N) is 1. The van der Waals surface area contributed by atoms with E-state index >= 15 is 0 Å². The van der Waals surface area contributed by atoms with Gasteiger partial charge in [-0.05, 0) is 18.7 Å². The van der Waals surface area contributed by atoms with Crippen molar-refractivity contribution in [3.63, 3.8) is 0 Å². The SMILES string of the molecule is CCN(CC(=O)O)CC(=O)Nc1cccc(Cl)c1Cl. The van der Waals surface area contributed by atoms with Crippen LogP contribution in [0.15, 0.2) is 18.2 Å². The molecule has 0 bridgehead atoms. The molecular weight excluding hydrogens is 291 g/mol. The van der Waals surface area contributed by atoms with Gasteiger partial charge in [0.2, 0.25) is 5.91 Å². The molecule has 19 heavy (non-hydrogen) atoms. The van der Waals surface area contributed by atoms with E-state index in [0.717, 1.165) is 0 Å². The maximum atomic E-state index is 11.8. The number of halogens is 2. The lowest BCUT2D eigenvalue weighted by molar-refractivity contribution is -0.138. The van der Waals surface area contributed by atoms with Gasteiger partial charge in [-0.15, -0.1) is 0 Å². The Morgan fingerprint density at radius 3 is 2.58 bits per heavy atom. The fourth-order valence-corrected chi connectivity index (χ4v) is 1.81. The summed E-state index contributed by atoms with van der Waals surface area (Å²) in [6.45, 7) is 2.03. The first-order valence-corrected chi connectivity index (χ1v) is 6.37. The van der Waals surface area contributed by atoms with Crippen LogP contribution in [0, 0.1) is 0 Å². The van der Waals surface area contributed by atoms with Crippen LogP contribution in [0.1, 0.15) is 6.92 Å². The Labute approximate surface area is 121 Å². The summed E-state index contributed by atoms with van der Waals surface area (Å²) in [6, 6.07) is 4.90. The normalized spacial score (nSPS) is 10.5. The van der Waals surface area contributed by atoms with Crippen LogP contribution in [0.25, 0.3) is 0 Å². The number of carboxylic acid groups (broad SMARTS) is 1. The predicted molar refractivity (Wildman–Crippen MR) is 74.8 cm³/mol. The van der Waals surface area contributed by atoms with E-state index < -0.39 is 5.97 Å². The fraction of sp³-hybridized carbons (Fsp3) is 0.333. The molecule has 0 radical (unpaired) electrons. The van der Waals surface area contributed by atoms with Gasteiger partial charge < -0.3 is 10.4 Å². The number of carbonyl (C=O) groups is 2. The second-order valence-electron chi connectivity index (χ2n) is 3.85. The molecule has 5 nitrogen and oxygen atoms in total. The van der Waals surface area contributed by atoms with Crippen LogP contribution in [-0.4, -0.2) is 41.5 Å². The molecule has 1 aromatic carbocycles. The van der Waals surface area contributed by atoms with Gasteiger partial charge in [0, 0.05) is 0 Å². The topological polar surface area (TPSA) is 69.6 Å². The number of anilines is 1. The molecule has 1 aromatic rings. The summed E-state index contributed by atoms with van der Waals surface area (Å²) in [5.74, 6) is -1.32. The van der Waals surface area contributed by atoms with Crippen molar-refractivity contribution >= 4 is 40.8 Å². The average Bonchev–Trinajstić information content (AvgIpc) is 2.33. The number of carboxylic acids is 1. The Kier molecular flexibility index (Phi) is 6.08. The molecule has 0 atom stereocenters. The molecule has 0 saturated carbocycles. The van der Waals surface area contributed by atoms with Gasteiger partial charge in [-0.2, -0.15) is 0 Å². The number of likely N-dealkylation sites (N-methyl/N-ethyl adjacent to an activating group) is 1. The van der Waals surface area contributed by atoms with Crippen LogP contribution < -0.4 is 5.32 Å². The van der Waals surface area contributed by atoms with Crippen molar-refractivity contribution in [2.24, 2.45) is 0 Å². The fourth-order valence-electron chi connectivity index (χ4n) is 1.46. The number of nitrogens with one attached hydrogen (secondary N) is 1. The Morgan fingerprint density at radius 1 is 1.32 bits per heavy atom. The van der Waals surface area contributed by atoms with E-state index in [1.165, 1.54) is 4.90 Å². The van der Waals surface area contributed by atoms with Crippen molar-refractivity contribution < 1.29 is 14.7 Å². The van der Waals surface area contributed by atoms with E-state index in [1.54, 1.807) is 25.1 Å². The zero-order chi connectivity index (χ0) is 14.4. The Morgan fingerprint density at radius 2 is 2.00 bits per heavy atom. The van der Waals surface area contributed by atoms with E-state index in [9.17, 15) is 9.59 Å². The molecule has 7 heteroatoms. The number of hydrogen-bond donors (Lipinski definition) is 2. The first kappa shape index (κ1) is 15.8. The lowest BCUT2D eigenvalue weighted by Crippen LogP contribution is -2.36. The smallest absolute Gasteiger partial charge is 0.317 e. The van der Waals surface area contributed by atoms with Gasteiger partial charge in [0.25, 0.3) is 0 Å². The van der Waals surface area contributed by atoms with Crippen molar-refractivity contribution in [2.75, 3.05) is 25.0 Å². The van der Waals surface area contributed by atoms with Crippen molar-refractivity contribution in [3.05, 3.63) is 28.2 Å². The standard InChI is InChI=1S/C12H14Cl2N2O3/c1-2-16(7-11(18)19)6-10(17)15-9-5-3-4-8(13)12(9)14/h3-5H,2,6-7H2,1H3,(H,15,17)(H,18,19). The molecule has 0 heterocycles. The molecule has 0 spiro atoms. The van der Waals surface area contributed by atoms with Crippen LogP contribution in [0.4, 0.5) is 5.69 Å². The molecule has 1 amide bonds. The van der Waals surface area contributed by atoms with Crippen molar-refractivity contribution in [1.82, 2.24) is 4.90 Å². The van der Waals surface area contributed by atoms with E-state index in [-0.39, 0.29) is 24.0 Å². The Bertz CT molecular complexity index is 480. The first-order valence-electron chi connectivity index (χ1n) is 5.62. The summed E-state index contributed by atoms with van der Waals surface area (Å²) >= 11 is 11.8. The van der Waals surface area contributed by atoms with Gasteiger partial charge in [-0.25, -0.2) is 0 Å². The second kappa shape index (κ2) is 7.33. The highest BCUT2D eigenvalue weighted by Gasteiger charge is 2.13. The highest BCUT2D eigenvalue weighted by atomic mass is 35.5. The van der Waals surface area contributed by atoms with Gasteiger partial charge in [0.1, 0.15) is 0 Å². The summed E-state index contributed by atoms with van der Waals surface area (Å²) in [4.78, 5) is 23.9. The third-order valence-corrected chi connectivity index (χ3v) is 3.22. The molecule has 0 aromatic heterocycles. The summed E-state index contributed by atoms with van der Waals surface area (Å²) in [5, 5.41) is 11.9. The van der Waals surface area contributed by atoms with E-state index in [0.29, 0.717) is 17.3 Å². The lowest BCUT2D eigenvalue weighted by Gasteiger charge is -2.17. The number of benzene rings is 1. The molecule has 0 fully saturated rings. The first-order chi connectivity index (χ1) is 8.93. The van der Waals surface area contributed by atoms with Gasteiger partial charge in [0.15, 0.2) is 0 Å². The maximum absolute atomic E-state index is 11.8. The quantitative estimate of drug-likeness (QED) is 0.846. The van der Waals surface area contributed by atoms with Crippen molar-refractivity contribution in [1.29, 1.82) is 0 Å². The molecule has 0 unspecified atom stereocenters. The van der Waals surface area contributed by atoms with Gasteiger partial charge in [-0.1, -0.05) is 36.2 Å². The van der Waals surface area contributed by atoms with Gasteiger partial charge >= 0.3 is 5.97 Å². The zero-order valence-corrected chi connectivity index (χ0v) is 11.8. The molecule has 104 valence electrons. The minimum atomic E-state index is -0.976. The molecule has 0 aliphatic rings. The van der Waals surface area contributed by atoms with Gasteiger partial charge in [0.05, 0.1) is 28.8 Å². The van der Waals surface area contributed by atoms with Crippen molar-refractivity contribution in [2.45, 2.75) is 6.92 Å². The minimum absolute atomic E-state index is 0.0222. The van der Waals surface area contributed by atoms with Crippen LogP contribution in [0.3, 0.4) is 0 Å². The van der Waals surface area contributed by atoms with Crippen LogP contribution in [0.5, 0.6) is 0 Å². The number of aliphatic carboxylic acids is 1. The minimum Gasteiger partial charge on any atom is -0.480 e. The summed E-state index contributed by atoms with van der Waals surface area (Å²) in [7, 11) is 0. The van der Waals surface area contributed by atoms with E-state index in [1.807, 2.05) is 0 Å². The molecule has 2 N–H and O–H groups in total. The molecule has 1 rings (SSSR count). The number of hydrogen-bond acceptors (Lipinski definition) is 3. The number of rotatable bonds is 6. The summed E-state index contributed by atoms with van der Waals surface area (Å²) < 4.78 is 0. The van der Waals surface area contributed by atoms with E-state index in [2.05, 4.69) is 5.32 Å². The molecule has 0 saturated heterocycles. The summed E-state index contributed by atoms with van der Waals surface area (Å²) in [5.41, 5.74) is 0.408. The van der Waals surface area contributed by atoms with E-state index in [4.69, 9.17) is 28.3 Å². The highest BCUT2D eigenvalue weighted by Crippen LogP contribution is 2.29. The number of amides is 1. The van der Waals surface area contributed by atoms with Crippen molar-refractivity contribution in [3.8, 4) is 0 Å². The van der Waals surface area contributed by atoms with Crippen LogP contribution >= 0.6 is 23.2 Å². The van der Waals surface area contributed by atoms with Crippen LogP contribution in [-0.2, 0) is 9.59 Å². The Balaban J connectivity index is 2.64. The molecule has 0 aliphatic carbocycles. The maximum Gasteiger partial charge on any atom is 0.317 e.